The molecule has 3 aromatic heterocycles. The molecule has 1 unspecified atom stereocenters. The van der Waals surface area contributed by atoms with E-state index in [1.165, 1.54) is 5.56 Å². The first-order chi connectivity index (χ1) is 17.4. The van der Waals surface area contributed by atoms with Gasteiger partial charge in [0.2, 0.25) is 0 Å². The molecule has 7 nitrogen and oxygen atoms in total. The van der Waals surface area contributed by atoms with Gasteiger partial charge in [-0.1, -0.05) is 47.7 Å². The van der Waals surface area contributed by atoms with Crippen LogP contribution in [0.25, 0.3) is 33.2 Å². The lowest BCUT2D eigenvalue weighted by Crippen LogP contribution is -2.27. The van der Waals surface area contributed by atoms with Gasteiger partial charge in [-0.25, -0.2) is 4.68 Å². The summed E-state index contributed by atoms with van der Waals surface area (Å²) in [6, 6.07) is 19.3. The van der Waals surface area contributed by atoms with Gasteiger partial charge in [-0.15, -0.1) is 5.10 Å². The number of ether oxygens (including phenoxy) is 1. The summed E-state index contributed by atoms with van der Waals surface area (Å²) in [4.78, 5) is 4.96. The number of aliphatic hydroxyl groups is 1. The maximum Gasteiger partial charge on any atom is 0.0960 e. The molecule has 1 fully saturated rings. The molecule has 36 heavy (non-hydrogen) atoms. The van der Waals surface area contributed by atoms with E-state index in [0.29, 0.717) is 5.92 Å². The SMILES string of the molecule is Cn1nncc1-c1cnc2c3ccc(C(C)(C)O)cc3n(C(c3ccccc3)C3CCOCC3)c2c1. The lowest BCUT2D eigenvalue weighted by molar-refractivity contribution is 0.0552. The van der Waals surface area contributed by atoms with Gasteiger partial charge >= 0.3 is 0 Å². The molecule has 0 saturated carbocycles. The van der Waals surface area contributed by atoms with Crippen molar-refractivity contribution >= 4 is 21.9 Å². The summed E-state index contributed by atoms with van der Waals surface area (Å²) in [5.41, 5.74) is 6.20. The second-order valence-corrected chi connectivity index (χ2v) is 10.3. The summed E-state index contributed by atoms with van der Waals surface area (Å²) >= 11 is 0. The third kappa shape index (κ3) is 3.88. The van der Waals surface area contributed by atoms with E-state index >= 15 is 0 Å². The molecule has 0 spiro atoms. The van der Waals surface area contributed by atoms with Gasteiger partial charge in [0.15, 0.2) is 0 Å². The molecule has 4 heterocycles. The zero-order valence-electron chi connectivity index (χ0n) is 20.9. The standard InChI is InChI=1S/C29H31N5O2/c1-29(2,35)22-9-10-23-24(16-22)34(25-15-21(17-30-27(23)25)26-18-31-32-33(26)3)28(19-7-5-4-6-8-19)20-11-13-36-14-12-20/h4-10,15-18,20,28,35H,11-14H2,1-3H3. The molecule has 1 atom stereocenters. The predicted molar refractivity (Wildman–Crippen MR) is 141 cm³/mol. The van der Waals surface area contributed by atoms with E-state index in [9.17, 15) is 5.11 Å². The smallest absolute Gasteiger partial charge is 0.0960 e. The van der Waals surface area contributed by atoms with Gasteiger partial charge in [0.1, 0.15) is 0 Å². The second-order valence-electron chi connectivity index (χ2n) is 10.3. The third-order valence-electron chi connectivity index (χ3n) is 7.49. The molecule has 1 aliphatic heterocycles. The molecule has 7 heteroatoms. The molecular weight excluding hydrogens is 450 g/mol. The van der Waals surface area contributed by atoms with E-state index in [1.54, 1.807) is 10.9 Å². The van der Waals surface area contributed by atoms with Gasteiger partial charge < -0.3 is 14.4 Å². The Balaban J connectivity index is 1.68. The molecule has 0 aliphatic carbocycles. The Morgan fingerprint density at radius 2 is 1.78 bits per heavy atom. The van der Waals surface area contributed by atoms with E-state index in [0.717, 1.165) is 64.8 Å². The van der Waals surface area contributed by atoms with Crippen molar-refractivity contribution in [3.63, 3.8) is 0 Å². The van der Waals surface area contributed by atoms with Gasteiger partial charge in [0.05, 0.1) is 40.1 Å². The number of aromatic nitrogens is 5. The first-order valence-corrected chi connectivity index (χ1v) is 12.6. The maximum absolute atomic E-state index is 10.9. The third-order valence-corrected chi connectivity index (χ3v) is 7.49. The number of hydrogen-bond acceptors (Lipinski definition) is 5. The Morgan fingerprint density at radius 3 is 2.47 bits per heavy atom. The second kappa shape index (κ2) is 8.84. The van der Waals surface area contributed by atoms with Crippen LogP contribution in [0.2, 0.25) is 0 Å². The van der Waals surface area contributed by atoms with Crippen LogP contribution in [-0.4, -0.2) is 42.9 Å². The lowest BCUT2D eigenvalue weighted by Gasteiger charge is -2.33. The molecule has 0 amide bonds. The number of benzene rings is 2. The van der Waals surface area contributed by atoms with Gasteiger partial charge in [-0.3, -0.25) is 4.98 Å². The Bertz CT molecular complexity index is 1520. The number of aryl methyl sites for hydroxylation is 1. The van der Waals surface area contributed by atoms with Crippen LogP contribution in [0, 0.1) is 5.92 Å². The quantitative estimate of drug-likeness (QED) is 0.372. The van der Waals surface area contributed by atoms with Gasteiger partial charge in [0.25, 0.3) is 0 Å². The monoisotopic (exact) mass is 481 g/mol. The highest BCUT2D eigenvalue weighted by Gasteiger charge is 2.31. The van der Waals surface area contributed by atoms with Crippen LogP contribution < -0.4 is 0 Å². The molecule has 1 saturated heterocycles. The van der Waals surface area contributed by atoms with Crippen LogP contribution >= 0.6 is 0 Å². The topological polar surface area (TPSA) is 78.0 Å². The van der Waals surface area contributed by atoms with Crippen molar-refractivity contribution in [2.24, 2.45) is 13.0 Å². The zero-order chi connectivity index (χ0) is 24.9. The summed E-state index contributed by atoms with van der Waals surface area (Å²) in [5.74, 6) is 0.410. The molecule has 2 aromatic carbocycles. The van der Waals surface area contributed by atoms with E-state index in [4.69, 9.17) is 9.72 Å². The summed E-state index contributed by atoms with van der Waals surface area (Å²) in [5, 5.41) is 20.1. The van der Waals surface area contributed by atoms with Crippen molar-refractivity contribution in [2.45, 2.75) is 38.3 Å². The molecule has 1 N–H and O–H groups in total. The minimum absolute atomic E-state index is 0.105. The minimum atomic E-state index is -0.949. The molecule has 6 rings (SSSR count). The highest BCUT2D eigenvalue weighted by molar-refractivity contribution is 6.07. The fourth-order valence-electron chi connectivity index (χ4n) is 5.59. The number of fused-ring (bicyclic) bond motifs is 3. The molecule has 184 valence electrons. The fourth-order valence-corrected chi connectivity index (χ4v) is 5.59. The highest BCUT2D eigenvalue weighted by atomic mass is 16.5. The van der Waals surface area contributed by atoms with E-state index in [1.807, 2.05) is 33.2 Å². The number of pyridine rings is 1. The predicted octanol–water partition coefficient (Wildman–Crippen LogP) is 5.23. The van der Waals surface area contributed by atoms with Gasteiger partial charge in [-0.2, -0.15) is 0 Å². The van der Waals surface area contributed by atoms with E-state index in [-0.39, 0.29) is 6.04 Å². The van der Waals surface area contributed by atoms with E-state index < -0.39 is 5.60 Å². The van der Waals surface area contributed by atoms with Crippen molar-refractivity contribution in [1.29, 1.82) is 0 Å². The van der Waals surface area contributed by atoms with Crippen molar-refractivity contribution < 1.29 is 9.84 Å². The van der Waals surface area contributed by atoms with Gasteiger partial charge in [0, 0.05) is 37.4 Å². The van der Waals surface area contributed by atoms with Crippen molar-refractivity contribution in [1.82, 2.24) is 24.5 Å². The van der Waals surface area contributed by atoms with Crippen LogP contribution in [0.1, 0.15) is 43.9 Å². The Kier molecular flexibility index (Phi) is 5.62. The Labute approximate surface area is 210 Å². The Hall–Kier alpha value is -3.55. The van der Waals surface area contributed by atoms with Crippen LogP contribution in [0.3, 0.4) is 0 Å². The average molecular weight is 482 g/mol. The first-order valence-electron chi connectivity index (χ1n) is 12.6. The Morgan fingerprint density at radius 1 is 1.00 bits per heavy atom. The fraction of sp³-hybridized carbons (Fsp3) is 0.345. The van der Waals surface area contributed by atoms with Crippen molar-refractivity contribution in [3.05, 3.63) is 78.1 Å². The van der Waals surface area contributed by atoms with Crippen LogP contribution in [0.4, 0.5) is 0 Å². The summed E-state index contributed by atoms with van der Waals surface area (Å²) in [7, 11) is 1.90. The average Bonchev–Trinajstić information content (AvgIpc) is 3.46. The van der Waals surface area contributed by atoms with Crippen LogP contribution in [0.15, 0.2) is 67.0 Å². The largest absolute Gasteiger partial charge is 0.386 e. The molecule has 5 aromatic rings. The van der Waals surface area contributed by atoms with Crippen LogP contribution in [-0.2, 0) is 17.4 Å². The lowest BCUT2D eigenvalue weighted by atomic mass is 9.86. The minimum Gasteiger partial charge on any atom is -0.386 e. The van der Waals surface area contributed by atoms with Crippen molar-refractivity contribution in [3.8, 4) is 11.3 Å². The maximum atomic E-state index is 10.9. The molecular formula is C29H31N5O2. The highest BCUT2D eigenvalue weighted by Crippen LogP contribution is 2.41. The summed E-state index contributed by atoms with van der Waals surface area (Å²) in [6.45, 7) is 5.20. The zero-order valence-corrected chi connectivity index (χ0v) is 20.9. The molecule has 1 aliphatic rings. The first kappa shape index (κ1) is 22.9. The molecule has 0 bridgehead atoms. The number of rotatable bonds is 5. The molecule has 0 radical (unpaired) electrons. The number of nitrogens with zero attached hydrogens (tertiary/aromatic N) is 5. The number of hydrogen-bond donors (Lipinski definition) is 1. The van der Waals surface area contributed by atoms with E-state index in [2.05, 4.69) is 63.4 Å². The summed E-state index contributed by atoms with van der Waals surface area (Å²) < 4.78 is 9.97. The summed E-state index contributed by atoms with van der Waals surface area (Å²) in [6.07, 6.45) is 5.66. The van der Waals surface area contributed by atoms with Gasteiger partial charge in [-0.05, 0) is 55.9 Å². The van der Waals surface area contributed by atoms with Crippen molar-refractivity contribution in [2.75, 3.05) is 13.2 Å². The normalized spacial score (nSPS) is 16.1. The van der Waals surface area contributed by atoms with Crippen LogP contribution in [0.5, 0.6) is 0 Å².